The van der Waals surface area contributed by atoms with Crippen molar-refractivity contribution < 1.29 is 18.4 Å². The molecule has 4 saturated carbocycles. The molecule has 0 atom stereocenters. The van der Waals surface area contributed by atoms with Crippen molar-refractivity contribution in [2.24, 2.45) is 23.2 Å². The lowest BCUT2D eigenvalue weighted by molar-refractivity contribution is -0.130. The van der Waals surface area contributed by atoms with E-state index < -0.39 is 5.91 Å². The van der Waals surface area contributed by atoms with E-state index in [4.69, 9.17) is 4.42 Å². The molecule has 2 amide bonds. The van der Waals surface area contributed by atoms with Crippen molar-refractivity contribution in [2.45, 2.75) is 51.9 Å². The Morgan fingerprint density at radius 1 is 1.11 bits per heavy atom. The fraction of sp³-hybridized carbons (Fsp3) is 0.545. The monoisotopic (exact) mass is 384 g/mol. The first-order valence-electron chi connectivity index (χ1n) is 10.2. The molecule has 1 aromatic heterocycles. The number of rotatable bonds is 3. The number of hydrogen-bond donors (Lipinski definition) is 2. The Morgan fingerprint density at radius 2 is 1.75 bits per heavy atom. The number of carbonyl (C=O) groups is 2. The van der Waals surface area contributed by atoms with Gasteiger partial charge in [-0.15, -0.1) is 0 Å². The van der Waals surface area contributed by atoms with E-state index in [1.165, 1.54) is 37.5 Å². The molecule has 0 spiro atoms. The van der Waals surface area contributed by atoms with Gasteiger partial charge in [-0.05, 0) is 86.8 Å². The molecule has 0 radical (unpaired) electrons. The average molecular weight is 384 g/mol. The summed E-state index contributed by atoms with van der Waals surface area (Å²) >= 11 is 0. The van der Waals surface area contributed by atoms with Crippen LogP contribution >= 0.6 is 0 Å². The molecule has 2 aromatic rings. The molecule has 148 valence electrons. The van der Waals surface area contributed by atoms with Crippen LogP contribution in [0, 0.1) is 35.9 Å². The van der Waals surface area contributed by atoms with E-state index >= 15 is 0 Å². The van der Waals surface area contributed by atoms with E-state index in [0.717, 1.165) is 37.0 Å². The first kappa shape index (κ1) is 17.7. The van der Waals surface area contributed by atoms with Crippen molar-refractivity contribution in [1.29, 1.82) is 0 Å². The summed E-state index contributed by atoms with van der Waals surface area (Å²) in [5, 5.41) is 0.560. The van der Waals surface area contributed by atoms with E-state index in [1.807, 2.05) is 0 Å². The van der Waals surface area contributed by atoms with E-state index in [-0.39, 0.29) is 22.9 Å². The van der Waals surface area contributed by atoms with E-state index in [1.54, 1.807) is 6.92 Å². The van der Waals surface area contributed by atoms with Gasteiger partial charge in [-0.1, -0.05) is 0 Å². The van der Waals surface area contributed by atoms with Crippen molar-refractivity contribution >= 4 is 22.8 Å². The molecule has 28 heavy (non-hydrogen) atoms. The third-order valence-electron chi connectivity index (χ3n) is 7.12. The smallest absolute Gasteiger partial charge is 0.305 e. The number of amides is 2. The molecule has 6 rings (SSSR count). The minimum Gasteiger partial charge on any atom is -0.451 e. The predicted molar refractivity (Wildman–Crippen MR) is 102 cm³/mol. The third kappa shape index (κ3) is 2.99. The molecule has 6 heteroatoms. The average Bonchev–Trinajstić information content (AvgIpc) is 2.94. The fourth-order valence-electron chi connectivity index (χ4n) is 6.48. The summed E-state index contributed by atoms with van der Waals surface area (Å²) in [6, 6.07) is 4.14. The summed E-state index contributed by atoms with van der Waals surface area (Å²) < 4.78 is 19.0. The van der Waals surface area contributed by atoms with E-state index in [0.29, 0.717) is 23.0 Å². The predicted octanol–water partition coefficient (Wildman–Crippen LogP) is 4.25. The molecule has 1 aromatic carbocycles. The molecule has 4 bridgehead atoms. The van der Waals surface area contributed by atoms with Gasteiger partial charge in [-0.3, -0.25) is 20.4 Å². The highest BCUT2D eigenvalue weighted by Gasteiger charge is 2.51. The lowest BCUT2D eigenvalue weighted by Gasteiger charge is -2.56. The van der Waals surface area contributed by atoms with Crippen LogP contribution in [0.3, 0.4) is 0 Å². The summed E-state index contributed by atoms with van der Waals surface area (Å²) in [7, 11) is 0. The molecule has 4 aliphatic carbocycles. The van der Waals surface area contributed by atoms with Crippen molar-refractivity contribution in [2.75, 3.05) is 0 Å². The van der Waals surface area contributed by atoms with Crippen molar-refractivity contribution in [1.82, 2.24) is 10.9 Å². The second-order valence-corrected chi connectivity index (χ2v) is 9.29. The summed E-state index contributed by atoms with van der Waals surface area (Å²) in [5.74, 6) is 1.40. The van der Waals surface area contributed by atoms with Crippen LogP contribution in [0.1, 0.15) is 61.1 Å². The van der Waals surface area contributed by atoms with Crippen LogP contribution in [0.4, 0.5) is 4.39 Å². The van der Waals surface area contributed by atoms with Gasteiger partial charge in [0.15, 0.2) is 5.76 Å². The molecular weight excluding hydrogens is 359 g/mol. The van der Waals surface area contributed by atoms with Gasteiger partial charge in [0.2, 0.25) is 5.91 Å². The molecule has 1 heterocycles. The van der Waals surface area contributed by atoms with Crippen molar-refractivity contribution in [3.05, 3.63) is 35.3 Å². The number of nitrogens with one attached hydrogen (secondary N) is 2. The van der Waals surface area contributed by atoms with Crippen molar-refractivity contribution in [3.8, 4) is 0 Å². The maximum Gasteiger partial charge on any atom is 0.305 e. The lowest BCUT2D eigenvalue weighted by atomic mass is 9.49. The highest BCUT2D eigenvalue weighted by molar-refractivity contribution is 5.99. The lowest BCUT2D eigenvalue weighted by Crippen LogP contribution is -2.50. The Morgan fingerprint density at radius 3 is 2.39 bits per heavy atom. The normalized spacial score (nSPS) is 30.6. The van der Waals surface area contributed by atoms with Crippen LogP contribution < -0.4 is 10.9 Å². The molecule has 0 aliphatic heterocycles. The standard InChI is InChI=1S/C22H25FN2O3/c1-12-17-7-16(23)2-3-18(17)28-20(12)21(27)25-24-19(26)11-22-8-13-4-14(9-22)6-15(5-13)10-22/h2-3,7,13-15H,4-6,8-11H2,1H3,(H,24,26)(H,25,27). The van der Waals surface area contributed by atoms with Crippen LogP contribution in [0.15, 0.2) is 22.6 Å². The Kier molecular flexibility index (Phi) is 4.00. The van der Waals surface area contributed by atoms with E-state index in [2.05, 4.69) is 10.9 Å². The molecule has 2 N–H and O–H groups in total. The van der Waals surface area contributed by atoms with Gasteiger partial charge in [0.25, 0.3) is 0 Å². The number of aryl methyl sites for hydroxylation is 1. The molecule has 5 nitrogen and oxygen atoms in total. The minimum absolute atomic E-state index is 0.0932. The SMILES string of the molecule is Cc1c(C(=O)NNC(=O)CC23CC4CC(CC(C4)C2)C3)oc2ccc(F)cc12. The van der Waals surface area contributed by atoms with Gasteiger partial charge >= 0.3 is 5.91 Å². The number of furan rings is 1. The Labute approximate surface area is 163 Å². The second kappa shape index (κ2) is 6.33. The van der Waals surface area contributed by atoms with Crippen LogP contribution in [-0.4, -0.2) is 11.8 Å². The summed E-state index contributed by atoms with van der Waals surface area (Å²) in [6.07, 6.45) is 7.93. The Balaban J connectivity index is 1.23. The van der Waals surface area contributed by atoms with Gasteiger partial charge in [-0.2, -0.15) is 0 Å². The number of halogens is 1. The quantitative estimate of drug-likeness (QED) is 0.777. The second-order valence-electron chi connectivity index (χ2n) is 9.29. The molecule has 4 aliphatic rings. The number of carbonyl (C=O) groups excluding carboxylic acids is 2. The summed E-state index contributed by atoms with van der Waals surface area (Å²) in [5.41, 5.74) is 6.17. The highest BCUT2D eigenvalue weighted by Crippen LogP contribution is 2.61. The van der Waals surface area contributed by atoms with Crippen LogP contribution in [0.25, 0.3) is 11.0 Å². The third-order valence-corrected chi connectivity index (χ3v) is 7.12. The summed E-state index contributed by atoms with van der Waals surface area (Å²) in [6.45, 7) is 1.71. The maximum atomic E-state index is 13.4. The largest absolute Gasteiger partial charge is 0.451 e. The molecular formula is C22H25FN2O3. The number of fused-ring (bicyclic) bond motifs is 1. The van der Waals surface area contributed by atoms with E-state index in [9.17, 15) is 14.0 Å². The first-order chi connectivity index (χ1) is 13.4. The topological polar surface area (TPSA) is 71.3 Å². The van der Waals surface area contributed by atoms with Gasteiger partial charge in [0.05, 0.1) is 0 Å². The van der Waals surface area contributed by atoms with Crippen LogP contribution in [-0.2, 0) is 4.79 Å². The molecule has 4 fully saturated rings. The molecule has 0 saturated heterocycles. The fourth-order valence-corrected chi connectivity index (χ4v) is 6.48. The zero-order valence-corrected chi connectivity index (χ0v) is 16.0. The number of hydrazine groups is 1. The van der Waals surface area contributed by atoms with Gasteiger partial charge in [-0.25, -0.2) is 4.39 Å². The zero-order valence-electron chi connectivity index (χ0n) is 16.0. The number of benzene rings is 1. The zero-order chi connectivity index (χ0) is 19.5. The van der Waals surface area contributed by atoms with Crippen molar-refractivity contribution in [3.63, 3.8) is 0 Å². The molecule has 0 unspecified atom stereocenters. The first-order valence-corrected chi connectivity index (χ1v) is 10.2. The van der Waals surface area contributed by atoms with Crippen LogP contribution in [0.5, 0.6) is 0 Å². The van der Waals surface area contributed by atoms with Crippen LogP contribution in [0.2, 0.25) is 0 Å². The number of hydrogen-bond acceptors (Lipinski definition) is 3. The Hall–Kier alpha value is -2.37. The highest BCUT2D eigenvalue weighted by atomic mass is 19.1. The summed E-state index contributed by atoms with van der Waals surface area (Å²) in [4.78, 5) is 25.0. The van der Waals surface area contributed by atoms with Gasteiger partial charge in [0.1, 0.15) is 11.4 Å². The minimum atomic E-state index is -0.520. The van der Waals surface area contributed by atoms with Gasteiger partial charge in [0, 0.05) is 17.4 Å². The van der Waals surface area contributed by atoms with Gasteiger partial charge < -0.3 is 4.42 Å². The maximum absolute atomic E-state index is 13.4. The Bertz CT molecular complexity index is 929.